The first kappa shape index (κ1) is 27.4. The summed E-state index contributed by atoms with van der Waals surface area (Å²) in [7, 11) is 0. The van der Waals surface area contributed by atoms with Crippen LogP contribution in [0.25, 0.3) is 0 Å². The average molecular weight is 488 g/mol. The molecule has 0 atom stereocenters. The van der Waals surface area contributed by atoms with Crippen molar-refractivity contribution in [2.24, 2.45) is 0 Å². The Morgan fingerprint density at radius 3 is 2.24 bits per heavy atom. The molecule has 2 aliphatic rings. The van der Waals surface area contributed by atoms with Crippen molar-refractivity contribution in [1.29, 1.82) is 0 Å². The smallest absolute Gasteiger partial charge is 0.490 e. The lowest BCUT2D eigenvalue weighted by Gasteiger charge is -2.29. The molecule has 1 aliphatic heterocycles. The Bertz CT molecular complexity index is 807. The number of hydrogen-bond donors (Lipinski definition) is 2. The molecule has 1 aromatic carbocycles. The first-order chi connectivity index (χ1) is 16.1. The van der Waals surface area contributed by atoms with Crippen LogP contribution in [0, 0.1) is 0 Å². The fourth-order valence-corrected chi connectivity index (χ4v) is 3.32. The fourth-order valence-electron chi connectivity index (χ4n) is 3.32. The number of nitrogens with zero attached hydrogens (tertiary/aromatic N) is 2. The standard InChI is InChI=1S/C21H31N3O3.C2HF3O2/c1-2-3-16-27-19-8-4-17(5-9-19)21(26)24(18-6-7-18)13-10-20(25)23-14-11-22-12-15-23;3-2(4,5)1(6)7/h4-5,8-9,18,22H,2-3,6-7,10-16H2,1H3;(H,6,7). The fraction of sp³-hybridized carbons (Fsp3) is 0.609. The molecule has 1 aromatic rings. The van der Waals surface area contributed by atoms with E-state index in [4.69, 9.17) is 14.6 Å². The highest BCUT2D eigenvalue weighted by Gasteiger charge is 2.38. The van der Waals surface area contributed by atoms with E-state index >= 15 is 0 Å². The largest absolute Gasteiger partial charge is 0.494 e. The van der Waals surface area contributed by atoms with Gasteiger partial charge in [-0.3, -0.25) is 9.59 Å². The zero-order chi connectivity index (χ0) is 25.1. The Morgan fingerprint density at radius 1 is 1.15 bits per heavy atom. The monoisotopic (exact) mass is 487 g/mol. The molecule has 8 nitrogen and oxygen atoms in total. The van der Waals surface area contributed by atoms with E-state index in [0.29, 0.717) is 25.1 Å². The van der Waals surface area contributed by atoms with Crippen molar-refractivity contribution in [3.05, 3.63) is 29.8 Å². The van der Waals surface area contributed by atoms with E-state index < -0.39 is 12.1 Å². The molecule has 1 heterocycles. The second-order valence-corrected chi connectivity index (χ2v) is 8.14. The lowest BCUT2D eigenvalue weighted by Crippen LogP contribution is -2.47. The maximum atomic E-state index is 12.9. The van der Waals surface area contributed by atoms with Gasteiger partial charge in [0.25, 0.3) is 5.91 Å². The summed E-state index contributed by atoms with van der Waals surface area (Å²) in [6.45, 7) is 6.55. The summed E-state index contributed by atoms with van der Waals surface area (Å²) in [6.07, 6.45) is -0.491. The van der Waals surface area contributed by atoms with Gasteiger partial charge in [0.1, 0.15) is 5.75 Å². The number of halogens is 3. The zero-order valence-electron chi connectivity index (χ0n) is 19.3. The van der Waals surface area contributed by atoms with Gasteiger partial charge in [-0.25, -0.2) is 4.79 Å². The van der Waals surface area contributed by atoms with Gasteiger partial charge in [0.2, 0.25) is 5.91 Å². The van der Waals surface area contributed by atoms with Crippen LogP contribution >= 0.6 is 0 Å². The lowest BCUT2D eigenvalue weighted by atomic mass is 10.1. The molecular formula is C23H32F3N3O5. The van der Waals surface area contributed by atoms with Crippen molar-refractivity contribution < 1.29 is 37.4 Å². The van der Waals surface area contributed by atoms with E-state index in [1.54, 1.807) is 0 Å². The highest BCUT2D eigenvalue weighted by molar-refractivity contribution is 5.95. The van der Waals surface area contributed by atoms with Gasteiger partial charge in [0, 0.05) is 50.7 Å². The third kappa shape index (κ3) is 9.20. The molecule has 2 amide bonds. The van der Waals surface area contributed by atoms with Crippen molar-refractivity contribution in [1.82, 2.24) is 15.1 Å². The molecule has 1 aliphatic carbocycles. The summed E-state index contributed by atoms with van der Waals surface area (Å²) in [5.74, 6) is -1.79. The minimum absolute atomic E-state index is 0.0192. The van der Waals surface area contributed by atoms with E-state index in [1.165, 1.54) is 0 Å². The number of nitrogens with one attached hydrogen (secondary N) is 1. The molecule has 0 bridgehead atoms. The van der Waals surface area contributed by atoms with E-state index in [2.05, 4.69) is 12.2 Å². The van der Waals surface area contributed by atoms with E-state index in [9.17, 15) is 22.8 Å². The van der Waals surface area contributed by atoms with Gasteiger partial charge in [0.15, 0.2) is 0 Å². The number of piperazine rings is 1. The number of carboxylic acids is 1. The number of aliphatic carboxylic acids is 1. The van der Waals surface area contributed by atoms with Gasteiger partial charge < -0.3 is 25.0 Å². The van der Waals surface area contributed by atoms with Gasteiger partial charge in [0.05, 0.1) is 6.61 Å². The van der Waals surface area contributed by atoms with Crippen LogP contribution in [0.3, 0.4) is 0 Å². The van der Waals surface area contributed by atoms with Crippen molar-refractivity contribution in [3.8, 4) is 5.75 Å². The zero-order valence-corrected chi connectivity index (χ0v) is 19.3. The van der Waals surface area contributed by atoms with Gasteiger partial charge in [-0.05, 0) is 43.5 Å². The normalized spacial score (nSPS) is 15.7. The molecule has 0 radical (unpaired) electrons. The Morgan fingerprint density at radius 2 is 1.74 bits per heavy atom. The number of carbonyl (C=O) groups excluding carboxylic acids is 2. The molecule has 2 N–H and O–H groups in total. The molecule has 11 heteroatoms. The van der Waals surface area contributed by atoms with Crippen LogP contribution in [-0.2, 0) is 9.59 Å². The number of ether oxygens (including phenoxy) is 1. The van der Waals surface area contributed by atoms with E-state index in [-0.39, 0.29) is 17.9 Å². The summed E-state index contributed by atoms with van der Waals surface area (Å²) >= 11 is 0. The first-order valence-electron chi connectivity index (χ1n) is 11.5. The van der Waals surface area contributed by atoms with Gasteiger partial charge in [-0.2, -0.15) is 13.2 Å². The number of hydrogen-bond acceptors (Lipinski definition) is 5. The van der Waals surface area contributed by atoms with Crippen LogP contribution in [0.4, 0.5) is 13.2 Å². The predicted molar refractivity (Wildman–Crippen MR) is 119 cm³/mol. The summed E-state index contributed by atoms with van der Waals surface area (Å²) < 4.78 is 37.4. The third-order valence-electron chi connectivity index (χ3n) is 5.40. The quantitative estimate of drug-likeness (QED) is 0.520. The van der Waals surface area contributed by atoms with Gasteiger partial charge in [-0.15, -0.1) is 0 Å². The highest BCUT2D eigenvalue weighted by Crippen LogP contribution is 2.29. The molecule has 2 fully saturated rings. The molecule has 34 heavy (non-hydrogen) atoms. The Labute approximate surface area is 197 Å². The number of amides is 2. The Kier molecular flexibility index (Phi) is 10.6. The second-order valence-electron chi connectivity index (χ2n) is 8.14. The number of carbonyl (C=O) groups is 3. The molecule has 0 aromatic heterocycles. The van der Waals surface area contributed by atoms with Crippen molar-refractivity contribution >= 4 is 17.8 Å². The minimum atomic E-state index is -5.08. The maximum Gasteiger partial charge on any atom is 0.490 e. The number of benzene rings is 1. The molecular weight excluding hydrogens is 455 g/mol. The second kappa shape index (κ2) is 13.2. The molecule has 190 valence electrons. The van der Waals surface area contributed by atoms with Crippen molar-refractivity contribution in [3.63, 3.8) is 0 Å². The summed E-state index contributed by atoms with van der Waals surface area (Å²) in [5, 5.41) is 10.4. The van der Waals surface area contributed by atoms with Crippen LogP contribution in [0.5, 0.6) is 5.75 Å². The third-order valence-corrected chi connectivity index (χ3v) is 5.40. The highest BCUT2D eigenvalue weighted by atomic mass is 19.4. The summed E-state index contributed by atoms with van der Waals surface area (Å²) in [4.78, 5) is 38.0. The van der Waals surface area contributed by atoms with Crippen LogP contribution in [0.2, 0.25) is 0 Å². The van der Waals surface area contributed by atoms with Crippen LogP contribution < -0.4 is 10.1 Å². The molecule has 3 rings (SSSR count). The average Bonchev–Trinajstić information content (AvgIpc) is 3.65. The van der Waals surface area contributed by atoms with E-state index in [0.717, 1.165) is 57.6 Å². The van der Waals surface area contributed by atoms with Crippen LogP contribution in [-0.4, -0.2) is 84.2 Å². The first-order valence-corrected chi connectivity index (χ1v) is 11.5. The van der Waals surface area contributed by atoms with Crippen molar-refractivity contribution in [2.75, 3.05) is 39.3 Å². The SMILES string of the molecule is CCCCOc1ccc(C(=O)N(CCC(=O)N2CCNCC2)C2CC2)cc1.O=C(O)C(F)(F)F. The number of alkyl halides is 3. The number of unbranched alkanes of at least 4 members (excludes halogenated alkanes) is 1. The summed E-state index contributed by atoms with van der Waals surface area (Å²) in [5.41, 5.74) is 0.666. The predicted octanol–water partition coefficient (Wildman–Crippen LogP) is 2.93. The van der Waals surface area contributed by atoms with Gasteiger partial charge >= 0.3 is 12.1 Å². The lowest BCUT2D eigenvalue weighted by molar-refractivity contribution is -0.192. The Balaban J connectivity index is 0.000000509. The van der Waals surface area contributed by atoms with Crippen molar-refractivity contribution in [2.45, 2.75) is 51.2 Å². The summed E-state index contributed by atoms with van der Waals surface area (Å²) in [6, 6.07) is 7.67. The number of carboxylic acid groups (broad SMARTS) is 1. The molecule has 1 saturated heterocycles. The van der Waals surface area contributed by atoms with Gasteiger partial charge in [-0.1, -0.05) is 13.3 Å². The van der Waals surface area contributed by atoms with E-state index in [1.807, 2.05) is 34.1 Å². The maximum absolute atomic E-state index is 12.9. The number of rotatable bonds is 9. The molecule has 0 spiro atoms. The Hall–Kier alpha value is -2.82. The topological polar surface area (TPSA) is 99.2 Å². The molecule has 0 unspecified atom stereocenters. The molecule has 1 saturated carbocycles. The van der Waals surface area contributed by atoms with Crippen LogP contribution in [0.1, 0.15) is 49.4 Å². The minimum Gasteiger partial charge on any atom is -0.494 e. The van der Waals surface area contributed by atoms with Crippen LogP contribution in [0.15, 0.2) is 24.3 Å².